The molecule has 0 heterocycles. The minimum atomic E-state index is -2.03. The molecule has 0 radical (unpaired) electrons. The van der Waals surface area contributed by atoms with E-state index in [-0.39, 0.29) is 0 Å². The molecular formula is C20H24OSi. The van der Waals surface area contributed by atoms with Gasteiger partial charge in [0.05, 0.1) is 0 Å². The average Bonchev–Trinajstić information content (AvgIpc) is 2.56. The van der Waals surface area contributed by atoms with Crippen LogP contribution in [0.5, 0.6) is 0 Å². The lowest BCUT2D eigenvalue weighted by atomic mass is 10.1. The van der Waals surface area contributed by atoms with Gasteiger partial charge in [0.25, 0.3) is 0 Å². The number of rotatable bonds is 8. The maximum atomic E-state index is 6.24. The zero-order valence-corrected chi connectivity index (χ0v) is 14.3. The van der Waals surface area contributed by atoms with Gasteiger partial charge in [-0.15, -0.1) is 13.2 Å². The van der Waals surface area contributed by atoms with Crippen LogP contribution in [0.15, 0.2) is 79.9 Å². The molecule has 2 heteroatoms. The molecule has 0 amide bonds. The van der Waals surface area contributed by atoms with E-state index in [0.717, 1.165) is 18.7 Å². The average molecular weight is 308 g/mol. The van der Waals surface area contributed by atoms with Gasteiger partial charge in [-0.25, -0.2) is 0 Å². The molecule has 0 aliphatic carbocycles. The van der Waals surface area contributed by atoms with Gasteiger partial charge < -0.3 is 4.43 Å². The lowest BCUT2D eigenvalue weighted by Crippen LogP contribution is -2.50. The fourth-order valence-electron chi connectivity index (χ4n) is 2.86. The van der Waals surface area contributed by atoms with Gasteiger partial charge in [-0.1, -0.05) is 66.7 Å². The van der Waals surface area contributed by atoms with Crippen LogP contribution in [-0.4, -0.2) is 14.9 Å². The third-order valence-corrected chi connectivity index (χ3v) is 8.01. The van der Waals surface area contributed by atoms with E-state index in [1.807, 2.05) is 18.2 Å². The second kappa shape index (κ2) is 7.92. The molecule has 22 heavy (non-hydrogen) atoms. The summed E-state index contributed by atoms with van der Waals surface area (Å²) >= 11 is 0. The summed E-state index contributed by atoms with van der Waals surface area (Å²) in [4.78, 5) is 0. The summed E-state index contributed by atoms with van der Waals surface area (Å²) in [6.45, 7) is 10.6. The number of hydrogen-bond donors (Lipinski definition) is 0. The van der Waals surface area contributed by atoms with Crippen LogP contribution in [-0.2, 0) is 4.43 Å². The van der Waals surface area contributed by atoms with Crippen LogP contribution in [0, 0.1) is 0 Å². The molecule has 0 aromatic heterocycles. The Kier molecular flexibility index (Phi) is 5.93. The van der Waals surface area contributed by atoms with Crippen LogP contribution < -0.4 is 5.19 Å². The molecule has 2 aromatic rings. The van der Waals surface area contributed by atoms with Crippen LogP contribution in [0.2, 0.25) is 12.1 Å². The molecule has 2 rings (SSSR count). The topological polar surface area (TPSA) is 9.23 Å². The maximum absolute atomic E-state index is 6.24. The second-order valence-corrected chi connectivity index (χ2v) is 9.03. The Morgan fingerprint density at radius 2 is 1.41 bits per heavy atom. The van der Waals surface area contributed by atoms with Crippen molar-refractivity contribution in [3.05, 3.63) is 79.9 Å². The van der Waals surface area contributed by atoms with Gasteiger partial charge in [-0.05, 0) is 35.3 Å². The normalized spacial score (nSPS) is 11.1. The fourth-order valence-corrected chi connectivity index (χ4v) is 6.16. The van der Waals surface area contributed by atoms with Crippen LogP contribution in [0.3, 0.4) is 0 Å². The lowest BCUT2D eigenvalue weighted by Gasteiger charge is -2.29. The highest BCUT2D eigenvalue weighted by molar-refractivity contribution is 6.87. The smallest absolute Gasteiger partial charge is 0.231 e. The summed E-state index contributed by atoms with van der Waals surface area (Å²) in [5.41, 5.74) is 2.48. The molecule has 2 aromatic carbocycles. The molecule has 0 fully saturated rings. The van der Waals surface area contributed by atoms with E-state index in [9.17, 15) is 0 Å². The van der Waals surface area contributed by atoms with E-state index in [1.54, 1.807) is 0 Å². The van der Waals surface area contributed by atoms with Gasteiger partial charge in [-0.3, -0.25) is 0 Å². The quantitative estimate of drug-likeness (QED) is 0.497. The van der Waals surface area contributed by atoms with E-state index in [2.05, 4.69) is 68.6 Å². The van der Waals surface area contributed by atoms with E-state index < -0.39 is 8.32 Å². The number of hydrogen-bond acceptors (Lipinski definition) is 1. The van der Waals surface area contributed by atoms with Crippen molar-refractivity contribution in [2.45, 2.75) is 19.0 Å². The molecule has 0 aliphatic heterocycles. The molecule has 0 spiro atoms. The Morgan fingerprint density at radius 3 is 1.91 bits per heavy atom. The summed E-state index contributed by atoms with van der Waals surface area (Å²) in [6.07, 6.45) is 3.97. The molecule has 0 saturated heterocycles. The summed E-state index contributed by atoms with van der Waals surface area (Å²) in [5.74, 6) is 0. The summed E-state index contributed by atoms with van der Waals surface area (Å²) < 4.78 is 6.24. The van der Waals surface area contributed by atoms with Gasteiger partial charge in [0.15, 0.2) is 0 Å². The Labute approximate surface area is 135 Å². The summed E-state index contributed by atoms with van der Waals surface area (Å²) in [6, 6.07) is 21.1. The molecule has 0 saturated carbocycles. The zero-order chi connectivity index (χ0) is 15.8. The molecule has 114 valence electrons. The van der Waals surface area contributed by atoms with Crippen molar-refractivity contribution in [1.29, 1.82) is 0 Å². The lowest BCUT2D eigenvalue weighted by molar-refractivity contribution is 0.333. The predicted molar refractivity (Wildman–Crippen MR) is 98.9 cm³/mol. The number of benzene rings is 2. The van der Waals surface area contributed by atoms with Gasteiger partial charge >= 0.3 is 0 Å². The highest BCUT2D eigenvalue weighted by atomic mass is 28.4. The third-order valence-electron chi connectivity index (χ3n) is 3.89. The molecule has 0 atom stereocenters. The molecule has 1 nitrogen and oxygen atoms in total. The Morgan fingerprint density at radius 1 is 0.864 bits per heavy atom. The summed E-state index contributed by atoms with van der Waals surface area (Å²) in [7, 11) is -2.03. The van der Waals surface area contributed by atoms with Gasteiger partial charge in [-0.2, -0.15) is 0 Å². The van der Waals surface area contributed by atoms with E-state index in [0.29, 0.717) is 0 Å². The molecular weight excluding hydrogens is 284 g/mol. The van der Waals surface area contributed by atoms with Crippen molar-refractivity contribution in [3.63, 3.8) is 0 Å². The maximum Gasteiger partial charge on any atom is 0.231 e. The molecule has 0 N–H and O–H groups in total. The van der Waals surface area contributed by atoms with E-state index in [4.69, 9.17) is 4.43 Å². The highest BCUT2D eigenvalue weighted by Crippen LogP contribution is 2.22. The Bertz CT molecular complexity index is 591. The van der Waals surface area contributed by atoms with Crippen LogP contribution >= 0.6 is 0 Å². The van der Waals surface area contributed by atoms with Crippen molar-refractivity contribution in [3.8, 4) is 11.1 Å². The van der Waals surface area contributed by atoms with Crippen LogP contribution in [0.4, 0.5) is 0 Å². The SMILES string of the molecule is C=CC[Si](CC=C)(OCC)c1ccc(-c2ccccc2)cc1. The van der Waals surface area contributed by atoms with Crippen LogP contribution in [0.25, 0.3) is 11.1 Å². The molecule has 0 aliphatic rings. The van der Waals surface area contributed by atoms with Gasteiger partial charge in [0.2, 0.25) is 8.32 Å². The van der Waals surface area contributed by atoms with Crippen molar-refractivity contribution in [2.75, 3.05) is 6.61 Å². The Hall–Kier alpha value is -1.90. The number of allylic oxidation sites excluding steroid dienone is 2. The monoisotopic (exact) mass is 308 g/mol. The van der Waals surface area contributed by atoms with Gasteiger partial charge in [0.1, 0.15) is 0 Å². The molecule has 0 bridgehead atoms. The first-order valence-corrected chi connectivity index (χ1v) is 10.1. The van der Waals surface area contributed by atoms with E-state index in [1.165, 1.54) is 16.3 Å². The van der Waals surface area contributed by atoms with Gasteiger partial charge in [0, 0.05) is 6.61 Å². The first-order chi connectivity index (χ1) is 10.8. The standard InChI is InChI=1S/C20H24OSi/c1-4-16-22(17-5-2,21-6-3)20-14-12-19(13-15-20)18-10-8-7-9-11-18/h4-5,7-15H,1-2,6,16-17H2,3H3. The summed E-state index contributed by atoms with van der Waals surface area (Å²) in [5, 5.41) is 1.31. The predicted octanol–water partition coefficient (Wildman–Crippen LogP) is 4.91. The van der Waals surface area contributed by atoms with Crippen molar-refractivity contribution < 1.29 is 4.43 Å². The van der Waals surface area contributed by atoms with E-state index >= 15 is 0 Å². The fraction of sp³-hybridized carbons (Fsp3) is 0.200. The minimum absolute atomic E-state index is 0.730. The molecule has 0 unspecified atom stereocenters. The minimum Gasteiger partial charge on any atom is -0.412 e. The third kappa shape index (κ3) is 3.64. The second-order valence-electron chi connectivity index (χ2n) is 5.36. The van der Waals surface area contributed by atoms with Crippen molar-refractivity contribution in [2.24, 2.45) is 0 Å². The van der Waals surface area contributed by atoms with Crippen LogP contribution in [0.1, 0.15) is 6.92 Å². The first-order valence-electron chi connectivity index (χ1n) is 7.77. The van der Waals surface area contributed by atoms with Crippen molar-refractivity contribution in [1.82, 2.24) is 0 Å². The first kappa shape index (κ1) is 16.5. The Balaban J connectivity index is 2.36. The van der Waals surface area contributed by atoms with Crippen molar-refractivity contribution >= 4 is 13.5 Å². The zero-order valence-electron chi connectivity index (χ0n) is 13.3. The largest absolute Gasteiger partial charge is 0.412 e. The highest BCUT2D eigenvalue weighted by Gasteiger charge is 2.34.